The molecular formula is C21H25FN4O3. The van der Waals surface area contributed by atoms with Gasteiger partial charge in [0.25, 0.3) is 5.91 Å². The number of benzene rings is 1. The van der Waals surface area contributed by atoms with Crippen molar-refractivity contribution in [1.82, 2.24) is 20.0 Å². The molecule has 1 atom stereocenters. The quantitative estimate of drug-likeness (QED) is 0.855. The number of amides is 2. The van der Waals surface area contributed by atoms with E-state index in [0.717, 1.165) is 24.1 Å². The average molecular weight is 400 g/mol. The number of ether oxygens (including phenoxy) is 1. The molecule has 0 bridgehead atoms. The van der Waals surface area contributed by atoms with E-state index in [4.69, 9.17) is 4.74 Å². The van der Waals surface area contributed by atoms with E-state index in [0.29, 0.717) is 44.9 Å². The van der Waals surface area contributed by atoms with Crippen molar-refractivity contribution < 1.29 is 18.7 Å². The predicted octanol–water partition coefficient (Wildman–Crippen LogP) is 2.38. The summed E-state index contributed by atoms with van der Waals surface area (Å²) < 4.78 is 19.4. The van der Waals surface area contributed by atoms with Crippen molar-refractivity contribution in [3.8, 4) is 5.75 Å². The van der Waals surface area contributed by atoms with Crippen molar-refractivity contribution in [1.29, 1.82) is 0 Å². The van der Waals surface area contributed by atoms with Gasteiger partial charge in [-0.15, -0.1) is 0 Å². The molecule has 0 spiro atoms. The van der Waals surface area contributed by atoms with E-state index in [1.54, 1.807) is 30.0 Å². The summed E-state index contributed by atoms with van der Waals surface area (Å²) >= 11 is 0. The van der Waals surface area contributed by atoms with Gasteiger partial charge >= 0.3 is 0 Å². The smallest absolute Gasteiger partial charge is 0.274 e. The van der Waals surface area contributed by atoms with Gasteiger partial charge in [0.15, 0.2) is 17.3 Å². The van der Waals surface area contributed by atoms with Crippen LogP contribution in [-0.2, 0) is 17.8 Å². The summed E-state index contributed by atoms with van der Waals surface area (Å²) in [6.07, 6.45) is 2.44. The monoisotopic (exact) mass is 400 g/mol. The summed E-state index contributed by atoms with van der Waals surface area (Å²) in [5.74, 6) is -0.0529. The molecule has 29 heavy (non-hydrogen) atoms. The standard InChI is InChI=1S/C21H25FN4O3/c1-14(27)25-10-8-16-18(12-25)23-24-20(16)21(28)26-9-4-5-15(11-26)13-29-19-7-3-2-6-17(19)22/h2-3,6-7,15H,4-5,8-13H2,1H3,(H,23,24). The highest BCUT2D eigenvalue weighted by Gasteiger charge is 2.31. The zero-order valence-electron chi connectivity index (χ0n) is 16.5. The number of nitrogens with zero attached hydrogens (tertiary/aromatic N) is 3. The largest absolute Gasteiger partial charge is 0.490 e. The van der Waals surface area contributed by atoms with Gasteiger partial charge in [0.1, 0.15) is 0 Å². The zero-order valence-corrected chi connectivity index (χ0v) is 16.5. The minimum absolute atomic E-state index is 0.0202. The zero-order chi connectivity index (χ0) is 20.4. The number of para-hydroxylation sites is 1. The van der Waals surface area contributed by atoms with Crippen molar-refractivity contribution in [2.75, 3.05) is 26.2 Å². The molecule has 1 saturated heterocycles. The van der Waals surface area contributed by atoms with Crippen LogP contribution in [0.5, 0.6) is 5.75 Å². The Morgan fingerprint density at radius 1 is 1.28 bits per heavy atom. The highest BCUT2D eigenvalue weighted by Crippen LogP contribution is 2.25. The number of nitrogens with one attached hydrogen (secondary N) is 1. The van der Waals surface area contributed by atoms with Crippen LogP contribution in [0, 0.1) is 11.7 Å². The number of H-pyrrole nitrogens is 1. The Morgan fingerprint density at radius 2 is 2.10 bits per heavy atom. The lowest BCUT2D eigenvalue weighted by molar-refractivity contribution is -0.129. The van der Waals surface area contributed by atoms with E-state index >= 15 is 0 Å². The Kier molecular flexibility index (Phi) is 5.51. The van der Waals surface area contributed by atoms with E-state index in [1.807, 2.05) is 4.90 Å². The summed E-state index contributed by atoms with van der Waals surface area (Å²) in [6, 6.07) is 6.36. The van der Waals surface area contributed by atoms with Crippen LogP contribution in [0.2, 0.25) is 0 Å². The molecule has 154 valence electrons. The lowest BCUT2D eigenvalue weighted by Gasteiger charge is -2.32. The maximum Gasteiger partial charge on any atom is 0.274 e. The first-order valence-corrected chi connectivity index (χ1v) is 10.0. The Bertz CT molecular complexity index is 913. The number of carbonyl (C=O) groups is 2. The molecule has 3 heterocycles. The van der Waals surface area contributed by atoms with Crippen LogP contribution in [-0.4, -0.2) is 58.1 Å². The normalized spacial score (nSPS) is 19.0. The summed E-state index contributed by atoms with van der Waals surface area (Å²) in [5, 5.41) is 7.20. The van der Waals surface area contributed by atoms with E-state index < -0.39 is 0 Å². The minimum Gasteiger partial charge on any atom is -0.490 e. The van der Waals surface area contributed by atoms with Crippen molar-refractivity contribution in [3.05, 3.63) is 47.0 Å². The Morgan fingerprint density at radius 3 is 2.90 bits per heavy atom. The molecule has 1 aromatic heterocycles. The molecule has 2 amide bonds. The number of aromatic nitrogens is 2. The summed E-state index contributed by atoms with van der Waals surface area (Å²) in [4.78, 5) is 28.2. The second-order valence-electron chi connectivity index (χ2n) is 7.72. The lowest BCUT2D eigenvalue weighted by Crippen LogP contribution is -2.42. The number of piperidine rings is 1. The fourth-order valence-electron chi connectivity index (χ4n) is 4.07. The van der Waals surface area contributed by atoms with Crippen molar-refractivity contribution in [2.24, 2.45) is 5.92 Å². The Hall–Kier alpha value is -2.90. The van der Waals surface area contributed by atoms with Crippen LogP contribution in [0.25, 0.3) is 0 Å². The molecule has 2 aliphatic heterocycles. The number of hydrogen-bond donors (Lipinski definition) is 1. The highest BCUT2D eigenvalue weighted by molar-refractivity contribution is 5.94. The Labute approximate surface area is 168 Å². The molecule has 0 aliphatic carbocycles. The molecule has 4 rings (SSSR count). The highest BCUT2D eigenvalue weighted by atomic mass is 19.1. The molecule has 1 aromatic carbocycles. The van der Waals surface area contributed by atoms with Gasteiger partial charge in [-0.05, 0) is 31.4 Å². The second-order valence-corrected chi connectivity index (χ2v) is 7.72. The minimum atomic E-state index is -0.376. The fraction of sp³-hybridized carbons (Fsp3) is 0.476. The predicted molar refractivity (Wildman–Crippen MR) is 104 cm³/mol. The third kappa shape index (κ3) is 4.11. The first-order valence-electron chi connectivity index (χ1n) is 10.0. The van der Waals surface area contributed by atoms with Crippen LogP contribution in [0.4, 0.5) is 4.39 Å². The van der Waals surface area contributed by atoms with Gasteiger partial charge in [-0.25, -0.2) is 4.39 Å². The molecule has 2 aromatic rings. The van der Waals surface area contributed by atoms with Crippen LogP contribution in [0.3, 0.4) is 0 Å². The molecule has 1 unspecified atom stereocenters. The number of halogens is 1. The van der Waals surface area contributed by atoms with Crippen LogP contribution >= 0.6 is 0 Å². The van der Waals surface area contributed by atoms with Gasteiger partial charge in [0.2, 0.25) is 5.91 Å². The van der Waals surface area contributed by atoms with Gasteiger partial charge in [-0.2, -0.15) is 5.10 Å². The molecule has 1 fully saturated rings. The Balaban J connectivity index is 1.39. The first kappa shape index (κ1) is 19.4. The second kappa shape index (κ2) is 8.23. The topological polar surface area (TPSA) is 78.5 Å². The lowest BCUT2D eigenvalue weighted by atomic mass is 9.97. The van der Waals surface area contributed by atoms with E-state index in [9.17, 15) is 14.0 Å². The molecule has 7 nitrogen and oxygen atoms in total. The maximum absolute atomic E-state index is 13.7. The van der Waals surface area contributed by atoms with Crippen LogP contribution in [0.1, 0.15) is 41.5 Å². The maximum atomic E-state index is 13.7. The number of likely N-dealkylation sites (tertiary alicyclic amines) is 1. The molecule has 1 N–H and O–H groups in total. The molecule has 8 heteroatoms. The molecule has 0 saturated carbocycles. The number of aromatic amines is 1. The van der Waals surface area contributed by atoms with Crippen molar-refractivity contribution in [3.63, 3.8) is 0 Å². The number of carbonyl (C=O) groups excluding carboxylic acids is 2. The summed E-state index contributed by atoms with van der Waals surface area (Å²) in [7, 11) is 0. The molecule has 0 radical (unpaired) electrons. The summed E-state index contributed by atoms with van der Waals surface area (Å²) in [6.45, 7) is 4.22. The number of rotatable bonds is 4. The molecule has 2 aliphatic rings. The van der Waals surface area contributed by atoms with E-state index in [-0.39, 0.29) is 29.3 Å². The average Bonchev–Trinajstić information content (AvgIpc) is 3.16. The third-order valence-corrected chi connectivity index (χ3v) is 5.70. The fourth-order valence-corrected chi connectivity index (χ4v) is 4.07. The molecular weight excluding hydrogens is 375 g/mol. The van der Waals surface area contributed by atoms with Gasteiger partial charge in [0.05, 0.1) is 18.8 Å². The summed E-state index contributed by atoms with van der Waals surface area (Å²) in [5.41, 5.74) is 2.21. The van der Waals surface area contributed by atoms with Crippen molar-refractivity contribution in [2.45, 2.75) is 32.7 Å². The van der Waals surface area contributed by atoms with Gasteiger partial charge < -0.3 is 14.5 Å². The van der Waals surface area contributed by atoms with E-state index in [2.05, 4.69) is 10.2 Å². The number of hydrogen-bond acceptors (Lipinski definition) is 4. The SMILES string of the molecule is CC(=O)N1CCc2c(C(=O)N3CCCC(COc4ccccc4F)C3)n[nH]c2C1. The van der Waals surface area contributed by atoms with Crippen LogP contribution < -0.4 is 4.74 Å². The van der Waals surface area contributed by atoms with E-state index in [1.165, 1.54) is 6.07 Å². The van der Waals surface area contributed by atoms with Gasteiger partial charge in [-0.1, -0.05) is 12.1 Å². The van der Waals surface area contributed by atoms with Crippen LogP contribution in [0.15, 0.2) is 24.3 Å². The number of fused-ring (bicyclic) bond motifs is 1. The van der Waals surface area contributed by atoms with Gasteiger partial charge in [-0.3, -0.25) is 14.7 Å². The van der Waals surface area contributed by atoms with Gasteiger partial charge in [0, 0.05) is 38.0 Å². The first-order chi connectivity index (χ1) is 14.0. The third-order valence-electron chi connectivity index (χ3n) is 5.70. The van der Waals surface area contributed by atoms with Crippen molar-refractivity contribution >= 4 is 11.8 Å².